The molecule has 0 radical (unpaired) electrons. The molecule has 18 heavy (non-hydrogen) atoms. The van der Waals surface area contributed by atoms with Crippen molar-refractivity contribution in [1.82, 2.24) is 4.90 Å². The monoisotopic (exact) mass is 266 g/mol. The lowest BCUT2D eigenvalue weighted by atomic mass is 10.1. The van der Waals surface area contributed by atoms with Gasteiger partial charge < -0.3 is 14.5 Å². The normalized spacial score (nSPS) is 14.7. The summed E-state index contributed by atoms with van der Waals surface area (Å²) < 4.78 is 5.40. The van der Waals surface area contributed by atoms with Crippen LogP contribution in [0.5, 0.6) is 5.75 Å². The first-order valence-electron chi connectivity index (χ1n) is 5.93. The minimum absolute atomic E-state index is 0.0108. The summed E-state index contributed by atoms with van der Waals surface area (Å²) in [5.74, 6) is 1.60. The number of ether oxygens (including phenoxy) is 1. The van der Waals surface area contributed by atoms with Crippen molar-refractivity contribution in [2.75, 3.05) is 37.9 Å². The molecule has 0 fully saturated rings. The van der Waals surface area contributed by atoms with E-state index in [0.717, 1.165) is 30.3 Å². The first-order chi connectivity index (χ1) is 8.61. The maximum absolute atomic E-state index is 11.6. The van der Waals surface area contributed by atoms with Crippen LogP contribution in [-0.4, -0.2) is 43.8 Å². The summed E-state index contributed by atoms with van der Waals surface area (Å²) in [6.45, 7) is 1.91. The third-order valence-corrected chi connectivity index (χ3v) is 3.24. The van der Waals surface area contributed by atoms with Crippen LogP contribution < -0.4 is 9.64 Å². The highest BCUT2D eigenvalue weighted by atomic mass is 32.1. The summed E-state index contributed by atoms with van der Waals surface area (Å²) in [5.41, 5.74) is 2.02. The fourth-order valence-electron chi connectivity index (χ4n) is 1.98. The molecule has 1 amide bonds. The van der Waals surface area contributed by atoms with Gasteiger partial charge >= 0.3 is 0 Å². The van der Waals surface area contributed by atoms with E-state index in [2.05, 4.69) is 24.6 Å². The summed E-state index contributed by atoms with van der Waals surface area (Å²) >= 11 is 4.22. The van der Waals surface area contributed by atoms with E-state index < -0.39 is 0 Å². The molecule has 0 spiro atoms. The maximum Gasteiger partial charge on any atom is 0.264 e. The molecule has 98 valence electrons. The van der Waals surface area contributed by atoms with E-state index in [1.54, 1.807) is 11.9 Å². The number of fused-ring (bicyclic) bond motifs is 1. The second-order valence-electron chi connectivity index (χ2n) is 4.50. The molecule has 1 aromatic rings. The topological polar surface area (TPSA) is 32.8 Å². The van der Waals surface area contributed by atoms with Gasteiger partial charge in [-0.25, -0.2) is 0 Å². The molecule has 0 saturated carbocycles. The van der Waals surface area contributed by atoms with Gasteiger partial charge in [0.15, 0.2) is 6.61 Å². The molecule has 0 saturated heterocycles. The summed E-state index contributed by atoms with van der Waals surface area (Å²) in [6, 6.07) is 5.99. The zero-order valence-electron chi connectivity index (χ0n) is 10.7. The quantitative estimate of drug-likeness (QED) is 0.836. The van der Waals surface area contributed by atoms with Crippen LogP contribution in [0.4, 0.5) is 5.69 Å². The SMILES string of the molecule is CN(CCS)Cc1ccc2c(c1)N(C)C(=O)CO2. The first kappa shape index (κ1) is 13.2. The second kappa shape index (κ2) is 5.63. The van der Waals surface area contributed by atoms with Gasteiger partial charge in [-0.15, -0.1) is 0 Å². The van der Waals surface area contributed by atoms with Gasteiger partial charge in [0.1, 0.15) is 5.75 Å². The van der Waals surface area contributed by atoms with Gasteiger partial charge in [-0.1, -0.05) is 6.07 Å². The van der Waals surface area contributed by atoms with Crippen LogP contribution in [0.2, 0.25) is 0 Å². The van der Waals surface area contributed by atoms with Crippen LogP contribution in [0, 0.1) is 0 Å². The second-order valence-corrected chi connectivity index (χ2v) is 4.95. The van der Waals surface area contributed by atoms with Crippen LogP contribution in [-0.2, 0) is 11.3 Å². The molecule has 0 unspecified atom stereocenters. The highest BCUT2D eigenvalue weighted by Gasteiger charge is 2.22. The van der Waals surface area contributed by atoms with Crippen molar-refractivity contribution in [2.45, 2.75) is 6.54 Å². The summed E-state index contributed by atoms with van der Waals surface area (Å²) in [7, 11) is 3.84. The zero-order chi connectivity index (χ0) is 13.1. The molecule has 0 atom stereocenters. The largest absolute Gasteiger partial charge is 0.482 e. The zero-order valence-corrected chi connectivity index (χ0v) is 11.6. The van der Waals surface area contributed by atoms with Gasteiger partial charge in [0.25, 0.3) is 5.91 Å². The molecule has 0 aliphatic carbocycles. The summed E-state index contributed by atoms with van der Waals surface area (Å²) in [6.07, 6.45) is 0. The van der Waals surface area contributed by atoms with Crippen molar-refractivity contribution in [3.05, 3.63) is 23.8 Å². The van der Waals surface area contributed by atoms with Crippen molar-refractivity contribution in [2.24, 2.45) is 0 Å². The summed E-state index contributed by atoms with van der Waals surface area (Å²) in [5, 5.41) is 0. The number of rotatable bonds is 4. The van der Waals surface area contributed by atoms with E-state index in [-0.39, 0.29) is 12.5 Å². The number of carbonyl (C=O) groups excluding carboxylic acids is 1. The van der Waals surface area contributed by atoms with Crippen LogP contribution in [0.3, 0.4) is 0 Å². The highest BCUT2D eigenvalue weighted by Crippen LogP contribution is 2.32. The van der Waals surface area contributed by atoms with E-state index in [9.17, 15) is 4.79 Å². The lowest BCUT2D eigenvalue weighted by Gasteiger charge is -2.27. The van der Waals surface area contributed by atoms with Crippen molar-refractivity contribution in [1.29, 1.82) is 0 Å². The van der Waals surface area contributed by atoms with E-state index >= 15 is 0 Å². The van der Waals surface area contributed by atoms with Crippen LogP contribution >= 0.6 is 12.6 Å². The minimum Gasteiger partial charge on any atom is -0.482 e. The third-order valence-electron chi connectivity index (χ3n) is 3.04. The van der Waals surface area contributed by atoms with E-state index in [0.29, 0.717) is 0 Å². The Morgan fingerprint density at radius 2 is 2.28 bits per heavy atom. The molecule has 1 aromatic carbocycles. The molecule has 1 heterocycles. The number of carbonyl (C=O) groups is 1. The van der Waals surface area contributed by atoms with Crippen LogP contribution in [0.15, 0.2) is 18.2 Å². The van der Waals surface area contributed by atoms with Crippen molar-refractivity contribution in [3.63, 3.8) is 0 Å². The number of hydrogen-bond acceptors (Lipinski definition) is 4. The predicted molar refractivity (Wildman–Crippen MR) is 75.5 cm³/mol. The lowest BCUT2D eigenvalue weighted by Crippen LogP contribution is -2.35. The highest BCUT2D eigenvalue weighted by molar-refractivity contribution is 7.80. The van der Waals surface area contributed by atoms with Crippen molar-refractivity contribution in [3.8, 4) is 5.75 Å². The van der Waals surface area contributed by atoms with Gasteiger partial charge in [-0.05, 0) is 24.7 Å². The predicted octanol–water partition coefficient (Wildman–Crippen LogP) is 1.40. The molecule has 0 aromatic heterocycles. The molecule has 0 bridgehead atoms. The van der Waals surface area contributed by atoms with E-state index in [4.69, 9.17) is 4.74 Å². The maximum atomic E-state index is 11.6. The van der Waals surface area contributed by atoms with E-state index in [1.807, 2.05) is 18.2 Å². The average molecular weight is 266 g/mol. The van der Waals surface area contributed by atoms with Crippen LogP contribution in [0.1, 0.15) is 5.56 Å². The average Bonchev–Trinajstić information content (AvgIpc) is 2.35. The van der Waals surface area contributed by atoms with E-state index in [1.165, 1.54) is 5.56 Å². The Labute approximate surface area is 113 Å². The molecule has 0 N–H and O–H groups in total. The van der Waals surface area contributed by atoms with Gasteiger partial charge in [0, 0.05) is 25.9 Å². The van der Waals surface area contributed by atoms with Gasteiger partial charge in [0.2, 0.25) is 0 Å². The fraction of sp³-hybridized carbons (Fsp3) is 0.462. The standard InChI is InChI=1S/C13H18N2O2S/c1-14(5-6-18)8-10-3-4-12-11(7-10)15(2)13(16)9-17-12/h3-4,7,18H,5-6,8-9H2,1-2H3. The Bertz CT molecular complexity index is 451. The number of anilines is 1. The Balaban J connectivity index is 2.18. The number of likely N-dealkylation sites (N-methyl/N-ethyl adjacent to an activating group) is 1. The Kier molecular flexibility index (Phi) is 4.14. The number of benzene rings is 1. The number of nitrogens with zero attached hydrogens (tertiary/aromatic N) is 2. The first-order valence-corrected chi connectivity index (χ1v) is 6.56. The van der Waals surface area contributed by atoms with Crippen molar-refractivity contribution < 1.29 is 9.53 Å². The fourth-order valence-corrected chi connectivity index (χ4v) is 2.32. The number of amides is 1. The Hall–Kier alpha value is -1.20. The molecular formula is C13H18N2O2S. The molecule has 1 aliphatic rings. The molecule has 1 aliphatic heterocycles. The molecule has 5 heteroatoms. The molecule has 4 nitrogen and oxygen atoms in total. The Morgan fingerprint density at radius 3 is 3.00 bits per heavy atom. The number of hydrogen-bond donors (Lipinski definition) is 1. The van der Waals surface area contributed by atoms with Crippen molar-refractivity contribution >= 4 is 24.2 Å². The smallest absolute Gasteiger partial charge is 0.264 e. The van der Waals surface area contributed by atoms with Gasteiger partial charge in [-0.3, -0.25) is 4.79 Å². The Morgan fingerprint density at radius 1 is 1.50 bits per heavy atom. The minimum atomic E-state index is -0.0108. The number of thiol groups is 1. The van der Waals surface area contributed by atoms with Crippen LogP contribution in [0.25, 0.3) is 0 Å². The third kappa shape index (κ3) is 2.79. The van der Waals surface area contributed by atoms with Gasteiger partial charge in [0.05, 0.1) is 5.69 Å². The molecule has 2 rings (SSSR count). The molecular weight excluding hydrogens is 248 g/mol. The lowest BCUT2D eigenvalue weighted by molar-refractivity contribution is -0.120. The van der Waals surface area contributed by atoms with Gasteiger partial charge in [-0.2, -0.15) is 12.6 Å². The summed E-state index contributed by atoms with van der Waals surface area (Å²) in [4.78, 5) is 15.4.